The van der Waals surface area contributed by atoms with Crippen LogP contribution in [0.1, 0.15) is 5.56 Å². The number of nitrogens with two attached hydrogens (primary N) is 1. The number of morpholine rings is 1. The Bertz CT molecular complexity index is 495. The van der Waals surface area contributed by atoms with Crippen LogP contribution in [0.4, 0.5) is 0 Å². The first-order chi connectivity index (χ1) is 10.1. The van der Waals surface area contributed by atoms with Gasteiger partial charge in [-0.05, 0) is 12.0 Å². The minimum absolute atomic E-state index is 0.124. The van der Waals surface area contributed by atoms with Crippen molar-refractivity contribution in [1.82, 2.24) is 4.90 Å². The number of benzene rings is 1. The second-order valence-corrected chi connectivity index (χ2v) is 5.56. The maximum atomic E-state index is 12.7. The minimum Gasteiger partial charge on any atom is -0.394 e. The highest BCUT2D eigenvalue weighted by Gasteiger charge is 2.33. The lowest BCUT2D eigenvalue weighted by Gasteiger charge is -2.36. The van der Waals surface area contributed by atoms with E-state index in [0.717, 1.165) is 5.56 Å². The molecule has 1 heterocycles. The molecule has 2 atom stereocenters. The van der Waals surface area contributed by atoms with Gasteiger partial charge in [0.05, 0.1) is 36.8 Å². The van der Waals surface area contributed by atoms with Gasteiger partial charge in [0.1, 0.15) is 0 Å². The lowest BCUT2D eigenvalue weighted by molar-refractivity contribution is -0.143. The van der Waals surface area contributed by atoms with Crippen molar-refractivity contribution in [3.8, 4) is 0 Å². The molecular weight excluding hydrogens is 288 g/mol. The van der Waals surface area contributed by atoms with Crippen LogP contribution >= 0.6 is 12.2 Å². The lowest BCUT2D eigenvalue weighted by atomic mass is 9.97. The summed E-state index contributed by atoms with van der Waals surface area (Å²) in [4.78, 5) is 14.5. The van der Waals surface area contributed by atoms with Crippen LogP contribution in [-0.4, -0.2) is 53.3 Å². The molecule has 0 spiro atoms. The van der Waals surface area contributed by atoms with E-state index in [1.807, 2.05) is 30.3 Å². The number of carbonyl (C=O) groups is 1. The summed E-state index contributed by atoms with van der Waals surface area (Å²) in [5.41, 5.74) is 6.78. The Hall–Kier alpha value is -1.50. The highest BCUT2D eigenvalue weighted by atomic mass is 32.1. The number of thiocarbonyl (C=S) groups is 1. The monoisotopic (exact) mass is 308 g/mol. The van der Waals surface area contributed by atoms with Crippen molar-refractivity contribution in [3.63, 3.8) is 0 Å². The van der Waals surface area contributed by atoms with Crippen LogP contribution in [0, 0.1) is 5.92 Å². The Balaban J connectivity index is 2.13. The number of aliphatic hydroxyl groups excluding tert-OH is 1. The quantitative estimate of drug-likeness (QED) is 0.768. The molecule has 1 amide bonds. The van der Waals surface area contributed by atoms with Crippen molar-refractivity contribution in [2.24, 2.45) is 11.7 Å². The molecular formula is C15H20N2O3S. The van der Waals surface area contributed by atoms with Crippen LogP contribution in [0.15, 0.2) is 30.3 Å². The second-order valence-electron chi connectivity index (χ2n) is 5.09. The van der Waals surface area contributed by atoms with Gasteiger partial charge < -0.3 is 20.5 Å². The van der Waals surface area contributed by atoms with Crippen LogP contribution in [0.5, 0.6) is 0 Å². The fourth-order valence-electron chi connectivity index (χ4n) is 2.46. The molecule has 0 saturated carbocycles. The first-order valence-corrected chi connectivity index (χ1v) is 7.36. The largest absolute Gasteiger partial charge is 0.394 e. The predicted octanol–water partition coefficient (Wildman–Crippen LogP) is 0.351. The number of rotatable bonds is 5. The first kappa shape index (κ1) is 15.9. The fraction of sp³-hybridized carbons (Fsp3) is 0.467. The Kier molecular flexibility index (Phi) is 5.67. The molecule has 0 radical (unpaired) electrons. The number of amides is 1. The van der Waals surface area contributed by atoms with Crippen molar-refractivity contribution >= 4 is 23.1 Å². The van der Waals surface area contributed by atoms with Crippen LogP contribution in [0.3, 0.4) is 0 Å². The van der Waals surface area contributed by atoms with E-state index in [4.69, 9.17) is 22.7 Å². The molecule has 6 heteroatoms. The van der Waals surface area contributed by atoms with Crippen LogP contribution < -0.4 is 5.73 Å². The molecule has 1 aromatic carbocycles. The summed E-state index contributed by atoms with van der Waals surface area (Å²) in [6.45, 7) is 1.15. The van der Waals surface area contributed by atoms with Gasteiger partial charge in [-0.15, -0.1) is 0 Å². The van der Waals surface area contributed by atoms with Crippen LogP contribution in [-0.2, 0) is 16.0 Å². The fourth-order valence-corrected chi connectivity index (χ4v) is 2.64. The van der Waals surface area contributed by atoms with Gasteiger partial charge in [0.25, 0.3) is 0 Å². The molecule has 2 unspecified atom stereocenters. The third-order valence-electron chi connectivity index (χ3n) is 3.65. The molecule has 21 heavy (non-hydrogen) atoms. The highest BCUT2D eigenvalue weighted by Crippen LogP contribution is 2.16. The van der Waals surface area contributed by atoms with Gasteiger partial charge in [0.15, 0.2) is 0 Å². The van der Waals surface area contributed by atoms with E-state index >= 15 is 0 Å². The summed E-state index contributed by atoms with van der Waals surface area (Å²) < 4.78 is 5.29. The average molecular weight is 308 g/mol. The van der Waals surface area contributed by atoms with Gasteiger partial charge in [0, 0.05) is 6.54 Å². The summed E-state index contributed by atoms with van der Waals surface area (Å²) in [5, 5.41) is 9.38. The molecule has 0 aliphatic carbocycles. The first-order valence-electron chi connectivity index (χ1n) is 6.95. The topological polar surface area (TPSA) is 75.8 Å². The van der Waals surface area contributed by atoms with Crippen molar-refractivity contribution in [3.05, 3.63) is 35.9 Å². The van der Waals surface area contributed by atoms with Gasteiger partial charge in [-0.1, -0.05) is 42.5 Å². The SMILES string of the molecule is NC(=S)C(Cc1ccccc1)C(=O)N1CCOCC1CO. The summed E-state index contributed by atoms with van der Waals surface area (Å²) in [6, 6.07) is 9.33. The standard InChI is InChI=1S/C15H20N2O3S/c16-14(21)13(8-11-4-2-1-3-5-11)15(19)17-6-7-20-10-12(17)9-18/h1-5,12-13,18H,6-10H2,(H2,16,21). The molecule has 1 aromatic rings. The summed E-state index contributed by atoms with van der Waals surface area (Å²) in [6.07, 6.45) is 0.477. The third-order valence-corrected chi connectivity index (χ3v) is 3.93. The van der Waals surface area contributed by atoms with E-state index in [1.54, 1.807) is 4.90 Å². The van der Waals surface area contributed by atoms with E-state index in [-0.39, 0.29) is 23.5 Å². The van der Waals surface area contributed by atoms with E-state index < -0.39 is 5.92 Å². The van der Waals surface area contributed by atoms with Crippen LogP contribution in [0.2, 0.25) is 0 Å². The zero-order valence-electron chi connectivity index (χ0n) is 11.8. The third kappa shape index (κ3) is 4.00. The highest BCUT2D eigenvalue weighted by molar-refractivity contribution is 7.80. The molecule has 1 aliphatic heterocycles. The lowest BCUT2D eigenvalue weighted by Crippen LogP contribution is -2.54. The van der Waals surface area contributed by atoms with Crippen molar-refractivity contribution < 1.29 is 14.6 Å². The second kappa shape index (κ2) is 7.49. The molecule has 1 fully saturated rings. The zero-order valence-corrected chi connectivity index (χ0v) is 12.6. The number of hydrogen-bond donors (Lipinski definition) is 2. The summed E-state index contributed by atoms with van der Waals surface area (Å²) >= 11 is 5.07. The number of nitrogens with zero attached hydrogens (tertiary/aromatic N) is 1. The molecule has 0 aromatic heterocycles. The normalized spacial score (nSPS) is 20.0. The van der Waals surface area contributed by atoms with Gasteiger partial charge >= 0.3 is 0 Å². The Morgan fingerprint density at radius 2 is 2.19 bits per heavy atom. The van der Waals surface area contributed by atoms with Crippen molar-refractivity contribution in [2.75, 3.05) is 26.4 Å². The van der Waals surface area contributed by atoms with Gasteiger partial charge in [-0.25, -0.2) is 0 Å². The molecule has 0 bridgehead atoms. The molecule has 1 saturated heterocycles. The van der Waals surface area contributed by atoms with E-state index in [2.05, 4.69) is 0 Å². The molecule has 3 N–H and O–H groups in total. The molecule has 1 aliphatic rings. The Labute approximate surface area is 129 Å². The number of aliphatic hydroxyl groups is 1. The summed E-state index contributed by atoms with van der Waals surface area (Å²) in [7, 11) is 0. The van der Waals surface area contributed by atoms with Crippen LogP contribution in [0.25, 0.3) is 0 Å². The smallest absolute Gasteiger partial charge is 0.233 e. The van der Waals surface area contributed by atoms with Gasteiger partial charge in [0.2, 0.25) is 5.91 Å². The average Bonchev–Trinajstić information content (AvgIpc) is 2.52. The van der Waals surface area contributed by atoms with Crippen molar-refractivity contribution in [1.29, 1.82) is 0 Å². The number of hydrogen-bond acceptors (Lipinski definition) is 4. The predicted molar refractivity (Wildman–Crippen MR) is 83.8 cm³/mol. The van der Waals surface area contributed by atoms with Gasteiger partial charge in [-0.2, -0.15) is 0 Å². The summed E-state index contributed by atoms with van der Waals surface area (Å²) in [5.74, 6) is -0.678. The Morgan fingerprint density at radius 1 is 1.48 bits per heavy atom. The molecule has 2 rings (SSSR count). The van der Waals surface area contributed by atoms with Crippen molar-refractivity contribution in [2.45, 2.75) is 12.5 Å². The number of carbonyl (C=O) groups excluding carboxylic acids is 1. The minimum atomic E-state index is -0.547. The maximum Gasteiger partial charge on any atom is 0.233 e. The van der Waals surface area contributed by atoms with E-state index in [1.165, 1.54) is 0 Å². The maximum absolute atomic E-state index is 12.7. The number of ether oxygens (including phenoxy) is 1. The van der Waals surface area contributed by atoms with E-state index in [0.29, 0.717) is 26.2 Å². The molecule has 114 valence electrons. The zero-order chi connectivity index (χ0) is 15.2. The van der Waals surface area contributed by atoms with Gasteiger partial charge in [-0.3, -0.25) is 4.79 Å². The Morgan fingerprint density at radius 3 is 2.81 bits per heavy atom. The van der Waals surface area contributed by atoms with E-state index in [9.17, 15) is 9.90 Å². The molecule has 5 nitrogen and oxygen atoms in total.